The summed E-state index contributed by atoms with van der Waals surface area (Å²) in [7, 11) is 0. The number of rotatable bonds is 3. The Balaban J connectivity index is 2.53. The van der Waals surface area contributed by atoms with Crippen LogP contribution in [0.1, 0.15) is 15.2 Å². The number of anilines is 1. The molecule has 0 amide bonds. The van der Waals surface area contributed by atoms with Gasteiger partial charge in [0.1, 0.15) is 9.80 Å². The Labute approximate surface area is 105 Å². The molecule has 0 saturated carbocycles. The molecule has 0 unspecified atom stereocenters. The predicted octanol–water partition coefficient (Wildman–Crippen LogP) is 2.51. The molecule has 7 nitrogen and oxygen atoms in total. The van der Waals surface area contributed by atoms with Crippen molar-refractivity contribution in [2.75, 3.05) is 5.73 Å². The number of carbonyl (C=O) groups is 1. The Morgan fingerprint density at radius 2 is 2.22 bits per heavy atom. The lowest BCUT2D eigenvalue weighted by Gasteiger charge is -1.94. The van der Waals surface area contributed by atoms with Crippen LogP contribution in [0.15, 0.2) is 16.5 Å². The number of nitro groups is 1. The van der Waals surface area contributed by atoms with Crippen LogP contribution >= 0.6 is 11.3 Å². The van der Waals surface area contributed by atoms with Crippen molar-refractivity contribution < 1.29 is 19.2 Å². The first-order chi connectivity index (χ1) is 8.41. The topological polar surface area (TPSA) is 120 Å². The van der Waals surface area contributed by atoms with Crippen molar-refractivity contribution >= 4 is 28.9 Å². The molecule has 0 bridgehead atoms. The lowest BCUT2D eigenvalue weighted by atomic mass is 10.2. The zero-order chi connectivity index (χ0) is 13.4. The molecule has 2 aromatic rings. The number of hydrogen-bond donors (Lipinski definition) is 2. The molecule has 0 fully saturated rings. The predicted molar refractivity (Wildman–Crippen MR) is 64.8 cm³/mol. The molecule has 8 heteroatoms. The van der Waals surface area contributed by atoms with Gasteiger partial charge >= 0.3 is 11.9 Å². The highest BCUT2D eigenvalue weighted by molar-refractivity contribution is 7.18. The zero-order valence-electron chi connectivity index (χ0n) is 9.17. The standard InChI is InChI=1S/C10H8N2O5S/c1-4-7(11)9(10(13)14)18-8(4)5-2-3-6(17-5)12(15)16/h2-3H,11H2,1H3,(H,13,14). The lowest BCUT2D eigenvalue weighted by Crippen LogP contribution is -1.97. The number of carboxylic acids is 1. The summed E-state index contributed by atoms with van der Waals surface area (Å²) in [4.78, 5) is 21.3. The molecule has 94 valence electrons. The summed E-state index contributed by atoms with van der Waals surface area (Å²) in [5.41, 5.74) is 6.36. The molecule has 0 aliphatic carbocycles. The van der Waals surface area contributed by atoms with Crippen LogP contribution in [0.4, 0.5) is 11.6 Å². The third-order valence-electron chi connectivity index (χ3n) is 2.38. The third kappa shape index (κ3) is 1.82. The summed E-state index contributed by atoms with van der Waals surface area (Å²) in [5, 5.41) is 19.4. The normalized spacial score (nSPS) is 10.5. The second kappa shape index (κ2) is 4.15. The first kappa shape index (κ1) is 12.1. The summed E-state index contributed by atoms with van der Waals surface area (Å²) in [6.07, 6.45) is 0. The summed E-state index contributed by atoms with van der Waals surface area (Å²) in [5.74, 6) is -1.29. The van der Waals surface area contributed by atoms with E-state index in [4.69, 9.17) is 15.3 Å². The van der Waals surface area contributed by atoms with Gasteiger partial charge in [-0.25, -0.2) is 4.79 Å². The Morgan fingerprint density at radius 3 is 2.67 bits per heavy atom. The first-order valence-electron chi connectivity index (χ1n) is 4.78. The van der Waals surface area contributed by atoms with Gasteiger partial charge in [-0.05, 0) is 18.6 Å². The van der Waals surface area contributed by atoms with Gasteiger partial charge in [0.05, 0.1) is 16.6 Å². The molecule has 2 heterocycles. The van der Waals surface area contributed by atoms with Crippen molar-refractivity contribution in [3.8, 4) is 10.6 Å². The minimum Gasteiger partial charge on any atom is -0.477 e. The minimum atomic E-state index is -1.13. The van der Waals surface area contributed by atoms with Crippen molar-refractivity contribution in [1.82, 2.24) is 0 Å². The molecular weight excluding hydrogens is 260 g/mol. The average molecular weight is 268 g/mol. The molecule has 0 atom stereocenters. The number of carboxylic acid groups (broad SMARTS) is 1. The molecule has 2 aromatic heterocycles. The number of nitrogens with two attached hydrogens (primary N) is 1. The van der Waals surface area contributed by atoms with E-state index in [1.54, 1.807) is 6.92 Å². The molecule has 18 heavy (non-hydrogen) atoms. The van der Waals surface area contributed by atoms with E-state index in [9.17, 15) is 14.9 Å². The van der Waals surface area contributed by atoms with Crippen LogP contribution in [-0.4, -0.2) is 16.0 Å². The van der Waals surface area contributed by atoms with E-state index in [0.29, 0.717) is 10.4 Å². The Bertz CT molecular complexity index is 643. The van der Waals surface area contributed by atoms with Crippen molar-refractivity contribution in [2.45, 2.75) is 6.92 Å². The van der Waals surface area contributed by atoms with Crippen molar-refractivity contribution in [1.29, 1.82) is 0 Å². The van der Waals surface area contributed by atoms with Gasteiger partial charge in [-0.15, -0.1) is 11.3 Å². The summed E-state index contributed by atoms with van der Waals surface area (Å²) < 4.78 is 5.02. The Kier molecular flexibility index (Phi) is 2.79. The van der Waals surface area contributed by atoms with Crippen LogP contribution in [0.25, 0.3) is 10.6 Å². The minimum absolute atomic E-state index is 0.00144. The van der Waals surface area contributed by atoms with Gasteiger partial charge in [0, 0.05) is 0 Å². The number of aromatic carboxylic acids is 1. The summed E-state index contributed by atoms with van der Waals surface area (Å²) in [6.45, 7) is 1.64. The van der Waals surface area contributed by atoms with Crippen LogP contribution in [0.5, 0.6) is 0 Å². The molecule has 2 rings (SSSR count). The van der Waals surface area contributed by atoms with Gasteiger partial charge in [-0.1, -0.05) is 0 Å². The Hall–Kier alpha value is -2.35. The van der Waals surface area contributed by atoms with Crippen molar-refractivity contribution in [3.05, 3.63) is 32.7 Å². The van der Waals surface area contributed by atoms with E-state index >= 15 is 0 Å². The SMILES string of the molecule is Cc1c(-c2ccc([N+](=O)[O-])o2)sc(C(=O)O)c1N. The molecule has 0 aliphatic rings. The largest absolute Gasteiger partial charge is 0.477 e. The van der Waals surface area contributed by atoms with Gasteiger partial charge in [0.15, 0.2) is 5.76 Å². The molecule has 3 N–H and O–H groups in total. The van der Waals surface area contributed by atoms with Crippen LogP contribution in [0.2, 0.25) is 0 Å². The molecular formula is C10H8N2O5S. The number of nitrogen functional groups attached to an aromatic ring is 1. The summed E-state index contributed by atoms with van der Waals surface area (Å²) in [6, 6.07) is 2.63. The molecule has 0 saturated heterocycles. The van der Waals surface area contributed by atoms with Gasteiger partial charge in [-0.2, -0.15) is 0 Å². The van der Waals surface area contributed by atoms with E-state index in [0.717, 1.165) is 11.3 Å². The zero-order valence-corrected chi connectivity index (χ0v) is 9.98. The van der Waals surface area contributed by atoms with Crippen molar-refractivity contribution in [3.63, 3.8) is 0 Å². The second-order valence-electron chi connectivity index (χ2n) is 3.50. The quantitative estimate of drug-likeness (QED) is 0.651. The fraction of sp³-hybridized carbons (Fsp3) is 0.100. The smallest absolute Gasteiger partial charge is 0.433 e. The van der Waals surface area contributed by atoms with Crippen molar-refractivity contribution in [2.24, 2.45) is 0 Å². The highest BCUT2D eigenvalue weighted by Gasteiger charge is 2.22. The molecule has 0 radical (unpaired) electrons. The van der Waals surface area contributed by atoms with E-state index in [-0.39, 0.29) is 16.3 Å². The van der Waals surface area contributed by atoms with E-state index < -0.39 is 16.8 Å². The van der Waals surface area contributed by atoms with Gasteiger partial charge in [0.2, 0.25) is 0 Å². The van der Waals surface area contributed by atoms with Gasteiger partial charge in [-0.3, -0.25) is 10.1 Å². The maximum atomic E-state index is 10.9. The van der Waals surface area contributed by atoms with Gasteiger partial charge in [0.25, 0.3) is 0 Å². The number of thiophene rings is 1. The molecule has 0 spiro atoms. The maximum absolute atomic E-state index is 10.9. The van der Waals surface area contributed by atoms with E-state index in [2.05, 4.69) is 0 Å². The monoisotopic (exact) mass is 268 g/mol. The number of hydrogen-bond acceptors (Lipinski definition) is 6. The fourth-order valence-electron chi connectivity index (χ4n) is 1.47. The van der Waals surface area contributed by atoms with E-state index in [1.807, 2.05) is 0 Å². The highest BCUT2D eigenvalue weighted by atomic mass is 32.1. The number of furan rings is 1. The second-order valence-corrected chi connectivity index (χ2v) is 4.52. The van der Waals surface area contributed by atoms with Crippen LogP contribution in [0.3, 0.4) is 0 Å². The maximum Gasteiger partial charge on any atom is 0.433 e. The molecule has 0 aliphatic heterocycles. The fourth-order valence-corrected chi connectivity index (χ4v) is 2.50. The summed E-state index contributed by atoms with van der Waals surface area (Å²) >= 11 is 0.931. The number of nitrogens with zero attached hydrogens (tertiary/aromatic N) is 1. The van der Waals surface area contributed by atoms with E-state index in [1.165, 1.54) is 12.1 Å². The first-order valence-corrected chi connectivity index (χ1v) is 5.60. The Morgan fingerprint density at radius 1 is 1.56 bits per heavy atom. The van der Waals surface area contributed by atoms with Crippen LogP contribution < -0.4 is 5.73 Å². The average Bonchev–Trinajstić information content (AvgIpc) is 2.86. The third-order valence-corrected chi connectivity index (χ3v) is 3.69. The lowest BCUT2D eigenvalue weighted by molar-refractivity contribution is -0.401. The van der Waals surface area contributed by atoms with Crippen LogP contribution in [0, 0.1) is 17.0 Å². The molecule has 0 aromatic carbocycles. The van der Waals surface area contributed by atoms with Crippen LogP contribution in [-0.2, 0) is 0 Å². The van der Waals surface area contributed by atoms with Gasteiger partial charge < -0.3 is 15.3 Å². The highest BCUT2D eigenvalue weighted by Crippen LogP contribution is 2.39.